The van der Waals surface area contributed by atoms with Crippen LogP contribution in [0.2, 0.25) is 0 Å². The lowest BCUT2D eigenvalue weighted by Gasteiger charge is -2.32. The minimum Gasteiger partial charge on any atom is -0.384 e. The molecule has 2 aromatic rings. The number of carbonyl (C=O) groups is 1. The highest BCUT2D eigenvalue weighted by molar-refractivity contribution is 5.93. The molecule has 1 aromatic heterocycles. The number of hydrogen-bond acceptors (Lipinski definition) is 3. The van der Waals surface area contributed by atoms with Crippen molar-refractivity contribution >= 4 is 5.91 Å². The van der Waals surface area contributed by atoms with E-state index in [4.69, 9.17) is 4.74 Å². The molecule has 2 heterocycles. The molecule has 22 heavy (non-hydrogen) atoms. The smallest absolute Gasteiger partial charge is 0.271 e. The standard InChI is InChI=1S/C17H21N3O2/c1-22-12-13-6-5-9-20(11-13)17(21)16-10-15(18-19-16)14-7-3-2-4-8-14/h2-4,7-8,10,13H,5-6,9,11-12H2,1H3,(H,18,19). The molecule has 5 heteroatoms. The number of piperidine rings is 1. The van der Waals surface area contributed by atoms with E-state index in [1.807, 2.05) is 41.3 Å². The van der Waals surface area contributed by atoms with Crippen LogP contribution in [0, 0.1) is 5.92 Å². The fourth-order valence-corrected chi connectivity index (χ4v) is 2.98. The number of amides is 1. The summed E-state index contributed by atoms with van der Waals surface area (Å²) in [6, 6.07) is 11.7. The summed E-state index contributed by atoms with van der Waals surface area (Å²) in [5, 5.41) is 7.14. The Balaban J connectivity index is 1.71. The highest BCUT2D eigenvalue weighted by Crippen LogP contribution is 2.21. The molecule has 1 aromatic carbocycles. The number of nitrogens with zero attached hydrogens (tertiary/aromatic N) is 2. The van der Waals surface area contributed by atoms with Crippen LogP contribution < -0.4 is 0 Å². The van der Waals surface area contributed by atoms with Crippen LogP contribution in [0.3, 0.4) is 0 Å². The normalized spacial score (nSPS) is 18.4. The summed E-state index contributed by atoms with van der Waals surface area (Å²) in [7, 11) is 1.71. The van der Waals surface area contributed by atoms with Crippen molar-refractivity contribution in [2.45, 2.75) is 12.8 Å². The lowest BCUT2D eigenvalue weighted by atomic mass is 9.98. The number of aromatic amines is 1. The first-order valence-corrected chi connectivity index (χ1v) is 7.67. The van der Waals surface area contributed by atoms with Gasteiger partial charge in [0.1, 0.15) is 5.69 Å². The molecule has 1 N–H and O–H groups in total. The largest absolute Gasteiger partial charge is 0.384 e. The molecule has 1 aliphatic rings. The van der Waals surface area contributed by atoms with Gasteiger partial charge in [-0.05, 0) is 24.8 Å². The highest BCUT2D eigenvalue weighted by Gasteiger charge is 2.25. The van der Waals surface area contributed by atoms with Crippen LogP contribution in [0.5, 0.6) is 0 Å². The Hall–Kier alpha value is -2.14. The molecule has 1 fully saturated rings. The number of nitrogens with one attached hydrogen (secondary N) is 1. The van der Waals surface area contributed by atoms with Crippen molar-refractivity contribution in [3.63, 3.8) is 0 Å². The molecule has 3 rings (SSSR count). The number of methoxy groups -OCH3 is 1. The van der Waals surface area contributed by atoms with Crippen LogP contribution >= 0.6 is 0 Å². The fourth-order valence-electron chi connectivity index (χ4n) is 2.98. The van der Waals surface area contributed by atoms with E-state index in [2.05, 4.69) is 10.2 Å². The Morgan fingerprint density at radius 1 is 1.41 bits per heavy atom. The number of carbonyl (C=O) groups excluding carboxylic acids is 1. The van der Waals surface area contributed by atoms with E-state index in [0.717, 1.165) is 37.2 Å². The van der Waals surface area contributed by atoms with Crippen molar-refractivity contribution < 1.29 is 9.53 Å². The van der Waals surface area contributed by atoms with Gasteiger partial charge in [0.15, 0.2) is 0 Å². The molecule has 1 amide bonds. The molecule has 1 saturated heterocycles. The third-order valence-corrected chi connectivity index (χ3v) is 4.09. The van der Waals surface area contributed by atoms with Gasteiger partial charge in [-0.25, -0.2) is 0 Å². The Labute approximate surface area is 130 Å². The average molecular weight is 299 g/mol. The zero-order valence-electron chi connectivity index (χ0n) is 12.8. The third kappa shape index (κ3) is 3.20. The van der Waals surface area contributed by atoms with Gasteiger partial charge in [0.05, 0.1) is 12.3 Å². The lowest BCUT2D eigenvalue weighted by molar-refractivity contribution is 0.0565. The van der Waals surface area contributed by atoms with Crippen LogP contribution in [0.1, 0.15) is 23.3 Å². The van der Waals surface area contributed by atoms with Gasteiger partial charge in [0.25, 0.3) is 5.91 Å². The Morgan fingerprint density at radius 3 is 3.00 bits per heavy atom. The molecule has 1 unspecified atom stereocenters. The Kier molecular flexibility index (Phi) is 4.53. The molecule has 5 nitrogen and oxygen atoms in total. The topological polar surface area (TPSA) is 58.2 Å². The summed E-state index contributed by atoms with van der Waals surface area (Å²) >= 11 is 0. The molecule has 0 bridgehead atoms. The Bertz CT molecular complexity index is 622. The number of likely N-dealkylation sites (tertiary alicyclic amines) is 1. The third-order valence-electron chi connectivity index (χ3n) is 4.09. The van der Waals surface area contributed by atoms with Crippen LogP contribution in [0.15, 0.2) is 36.4 Å². The first kappa shape index (κ1) is 14.8. The number of ether oxygens (including phenoxy) is 1. The molecule has 0 aliphatic carbocycles. The van der Waals surface area contributed by atoms with Gasteiger partial charge in [-0.3, -0.25) is 9.89 Å². The van der Waals surface area contributed by atoms with Gasteiger partial charge < -0.3 is 9.64 Å². The predicted octanol–water partition coefficient (Wildman–Crippen LogP) is 2.58. The maximum atomic E-state index is 12.6. The second-order valence-electron chi connectivity index (χ2n) is 5.75. The summed E-state index contributed by atoms with van der Waals surface area (Å²) in [4.78, 5) is 14.5. The predicted molar refractivity (Wildman–Crippen MR) is 84.5 cm³/mol. The van der Waals surface area contributed by atoms with Gasteiger partial charge in [-0.15, -0.1) is 0 Å². The summed E-state index contributed by atoms with van der Waals surface area (Å²) in [5.41, 5.74) is 2.36. The Morgan fingerprint density at radius 2 is 2.23 bits per heavy atom. The quantitative estimate of drug-likeness (QED) is 0.944. The van der Waals surface area contributed by atoms with Crippen molar-refractivity contribution in [3.8, 4) is 11.3 Å². The number of benzene rings is 1. The zero-order chi connectivity index (χ0) is 15.4. The van der Waals surface area contributed by atoms with E-state index in [-0.39, 0.29) is 5.91 Å². The SMILES string of the molecule is COCC1CCCN(C(=O)c2cc(-c3ccccc3)n[nH]2)C1. The van der Waals surface area contributed by atoms with Crippen molar-refractivity contribution in [1.29, 1.82) is 0 Å². The fraction of sp³-hybridized carbons (Fsp3) is 0.412. The molecule has 0 saturated carbocycles. The second-order valence-corrected chi connectivity index (χ2v) is 5.75. The maximum Gasteiger partial charge on any atom is 0.271 e. The number of rotatable bonds is 4. The van der Waals surface area contributed by atoms with Crippen LogP contribution in [-0.2, 0) is 4.74 Å². The summed E-state index contributed by atoms with van der Waals surface area (Å²) in [6.07, 6.45) is 2.15. The number of aromatic nitrogens is 2. The minimum atomic E-state index is 0.0236. The van der Waals surface area contributed by atoms with Crippen LogP contribution in [0.4, 0.5) is 0 Å². The van der Waals surface area contributed by atoms with Crippen LogP contribution in [0.25, 0.3) is 11.3 Å². The van der Waals surface area contributed by atoms with E-state index in [1.165, 1.54) is 0 Å². The molecule has 0 spiro atoms. The van der Waals surface area contributed by atoms with Crippen molar-refractivity contribution in [2.75, 3.05) is 26.8 Å². The van der Waals surface area contributed by atoms with Gasteiger partial charge in [0.2, 0.25) is 0 Å². The second kappa shape index (κ2) is 6.75. The first-order valence-electron chi connectivity index (χ1n) is 7.67. The van der Waals surface area contributed by atoms with E-state index >= 15 is 0 Å². The molecule has 116 valence electrons. The molecular weight excluding hydrogens is 278 g/mol. The van der Waals surface area contributed by atoms with Gasteiger partial charge in [-0.1, -0.05) is 30.3 Å². The maximum absolute atomic E-state index is 12.6. The van der Waals surface area contributed by atoms with Crippen molar-refractivity contribution in [1.82, 2.24) is 15.1 Å². The van der Waals surface area contributed by atoms with Crippen LogP contribution in [-0.4, -0.2) is 47.8 Å². The monoisotopic (exact) mass is 299 g/mol. The molecular formula is C17H21N3O2. The summed E-state index contributed by atoms with van der Waals surface area (Å²) < 4.78 is 5.22. The van der Waals surface area contributed by atoms with Gasteiger partial charge in [0, 0.05) is 25.8 Å². The number of H-pyrrole nitrogens is 1. The van der Waals surface area contributed by atoms with Gasteiger partial charge in [-0.2, -0.15) is 5.10 Å². The van der Waals surface area contributed by atoms with Crippen molar-refractivity contribution in [3.05, 3.63) is 42.1 Å². The van der Waals surface area contributed by atoms with E-state index in [9.17, 15) is 4.79 Å². The molecule has 0 radical (unpaired) electrons. The number of hydrogen-bond donors (Lipinski definition) is 1. The van der Waals surface area contributed by atoms with E-state index < -0.39 is 0 Å². The highest BCUT2D eigenvalue weighted by atomic mass is 16.5. The minimum absolute atomic E-state index is 0.0236. The summed E-state index contributed by atoms with van der Waals surface area (Å²) in [5.74, 6) is 0.453. The summed E-state index contributed by atoms with van der Waals surface area (Å²) in [6.45, 7) is 2.27. The van der Waals surface area contributed by atoms with Crippen molar-refractivity contribution in [2.24, 2.45) is 5.92 Å². The zero-order valence-corrected chi connectivity index (χ0v) is 12.8. The molecule has 1 atom stereocenters. The lowest BCUT2D eigenvalue weighted by Crippen LogP contribution is -2.41. The van der Waals surface area contributed by atoms with Gasteiger partial charge >= 0.3 is 0 Å². The molecule has 1 aliphatic heterocycles. The van der Waals surface area contributed by atoms with E-state index in [0.29, 0.717) is 18.2 Å². The average Bonchev–Trinajstić information content (AvgIpc) is 3.05. The van der Waals surface area contributed by atoms with E-state index in [1.54, 1.807) is 7.11 Å². The first-order chi connectivity index (χ1) is 10.8.